The van der Waals surface area contributed by atoms with Crippen LogP contribution in [0.4, 0.5) is 9.59 Å². The van der Waals surface area contributed by atoms with E-state index in [9.17, 15) is 105 Å². The first-order chi connectivity index (χ1) is 49.5. The molecule has 0 saturated carbocycles. The third kappa shape index (κ3) is 54.3. The zero-order valence-corrected chi connectivity index (χ0v) is 62.8. The van der Waals surface area contributed by atoms with Crippen LogP contribution in [0.2, 0.25) is 0 Å². The summed E-state index contributed by atoms with van der Waals surface area (Å²) in [6, 6.07) is 0. The Balaban J connectivity index is -0.00000140. The highest BCUT2D eigenvalue weighted by molar-refractivity contribution is 6.02. The van der Waals surface area contributed by atoms with Crippen molar-refractivity contribution in [1.82, 2.24) is 46.3 Å². The van der Waals surface area contributed by atoms with Crippen molar-refractivity contribution in [3.63, 3.8) is 0 Å². The highest BCUT2D eigenvalue weighted by Gasteiger charge is 2.34. The van der Waals surface area contributed by atoms with E-state index in [1.165, 1.54) is 0 Å². The Bertz CT molecular complexity index is 3030. The SMILES string of the molecule is CCCC(=O)CNC(=O)CCC(=O)CN(CC(=O)OC)C(=O)CCC(=O)CN.CCCC(=O)CNC(=O)CCC(=O)CN(CC(=O)OC)C(=O)CCC(=O)CNC(=O)OC(C)(C)C.CCCC(=O)CNC(=O)CN.COC(=O)CN(CC(=O)ON1C(=O)CCC1=O)C(=O)CCC(=O)CNC(=O)OC(C)(C)C. The first-order valence-corrected chi connectivity index (χ1v) is 33.9. The van der Waals surface area contributed by atoms with Gasteiger partial charge in [-0.25, -0.2) is 14.4 Å². The van der Waals surface area contributed by atoms with Crippen LogP contribution >= 0.6 is 0 Å². The number of hydrogen-bond acceptors (Lipinski definition) is 30. The van der Waals surface area contributed by atoms with Gasteiger partial charge < -0.3 is 81.3 Å². The number of esters is 3. The molecule has 106 heavy (non-hydrogen) atoms. The maximum atomic E-state index is 12.5. The summed E-state index contributed by atoms with van der Waals surface area (Å²) in [6.45, 7) is 11.4. The first-order valence-electron chi connectivity index (χ1n) is 33.9. The highest BCUT2D eigenvalue weighted by Crippen LogP contribution is 2.14. The van der Waals surface area contributed by atoms with E-state index in [1.54, 1.807) is 41.5 Å². The molecule has 0 aromatic carbocycles. The van der Waals surface area contributed by atoms with E-state index in [0.29, 0.717) is 37.2 Å². The molecule has 0 aliphatic carbocycles. The zero-order valence-electron chi connectivity index (χ0n) is 62.8. The average molecular weight is 1510 g/mol. The maximum Gasteiger partial charge on any atom is 0.408 e. The van der Waals surface area contributed by atoms with E-state index in [1.807, 2.05) is 20.8 Å². The number of alkyl carbamates (subject to hydrolysis) is 2. The van der Waals surface area contributed by atoms with Gasteiger partial charge in [0, 0.05) is 96.3 Å². The van der Waals surface area contributed by atoms with Gasteiger partial charge in [0.1, 0.15) is 43.2 Å². The number of ether oxygens (including phenoxy) is 5. The Morgan fingerprint density at radius 1 is 0.349 bits per heavy atom. The van der Waals surface area contributed by atoms with Gasteiger partial charge in [-0.1, -0.05) is 20.8 Å². The van der Waals surface area contributed by atoms with E-state index < -0.39 is 144 Å². The van der Waals surface area contributed by atoms with Crippen molar-refractivity contribution in [3.8, 4) is 0 Å². The molecule has 1 fully saturated rings. The molecule has 0 radical (unpaired) electrons. The van der Waals surface area contributed by atoms with Crippen molar-refractivity contribution >= 4 is 130 Å². The fourth-order valence-electron chi connectivity index (χ4n) is 7.80. The number of nitrogens with one attached hydrogen (secondary N) is 5. The van der Waals surface area contributed by atoms with Gasteiger partial charge in [-0.05, 0) is 60.8 Å². The lowest BCUT2D eigenvalue weighted by atomic mass is 10.1. The van der Waals surface area contributed by atoms with E-state index in [0.717, 1.165) is 42.4 Å². The van der Waals surface area contributed by atoms with Gasteiger partial charge in [-0.15, -0.1) is 5.06 Å². The van der Waals surface area contributed by atoms with Crippen LogP contribution in [0.25, 0.3) is 0 Å². The van der Waals surface area contributed by atoms with Crippen LogP contribution in [0.15, 0.2) is 0 Å². The monoisotopic (exact) mass is 1510 g/mol. The van der Waals surface area contributed by atoms with Crippen molar-refractivity contribution in [2.45, 2.75) is 189 Å². The third-order valence-corrected chi connectivity index (χ3v) is 13.2. The lowest BCUT2D eigenvalue weighted by molar-refractivity contribution is -0.198. The van der Waals surface area contributed by atoms with Gasteiger partial charge in [0.2, 0.25) is 35.4 Å². The quantitative estimate of drug-likeness (QED) is 0.0212. The average Bonchev–Trinajstić information content (AvgIpc) is 1.53. The molecule has 0 aromatic heterocycles. The van der Waals surface area contributed by atoms with Crippen molar-refractivity contribution in [1.29, 1.82) is 0 Å². The number of Topliss-reactive ketones (excluding diaryl/α,β-unsaturated/α-hetero) is 8. The Morgan fingerprint density at radius 3 is 0.915 bits per heavy atom. The minimum absolute atomic E-state index is 0.0503. The van der Waals surface area contributed by atoms with E-state index in [2.05, 4.69) is 45.6 Å². The Kier molecular flexibility index (Phi) is 52.8. The summed E-state index contributed by atoms with van der Waals surface area (Å²) in [5, 5.41) is 12.1. The predicted molar refractivity (Wildman–Crippen MR) is 370 cm³/mol. The number of ketones is 8. The summed E-state index contributed by atoms with van der Waals surface area (Å²) < 4.78 is 23.5. The molecule has 598 valence electrons. The molecule has 1 aliphatic heterocycles. The van der Waals surface area contributed by atoms with Crippen LogP contribution < -0.4 is 38.1 Å². The maximum absolute atomic E-state index is 12.5. The van der Waals surface area contributed by atoms with Crippen LogP contribution in [0.1, 0.15) is 178 Å². The molecule has 1 aliphatic rings. The number of hydroxylamine groups is 2. The van der Waals surface area contributed by atoms with Crippen LogP contribution in [0, 0.1) is 0 Å². The van der Waals surface area contributed by atoms with Crippen molar-refractivity contribution in [3.05, 3.63) is 0 Å². The highest BCUT2D eigenvalue weighted by atomic mass is 16.7. The second-order valence-electron chi connectivity index (χ2n) is 25.0. The van der Waals surface area contributed by atoms with E-state index >= 15 is 0 Å². The number of amides is 10. The molecule has 10 amide bonds. The molecule has 0 aromatic rings. The standard InChI is InChI=1S/C23H37N3O9.C19H27N3O10.C18H29N3O7.C7H14N2O2/c1-6-7-16(27)12-24-19(30)10-8-18(29)14-26(15-21(32)34-5)20(31)11-9-17(28)13-25-22(33)35-23(2,3)4;1-19(2,3)31-18(29)20-9-12(23)5-6-13(24)21(10-16(27)30-4)11-17(28)32-22-14(25)7-8-15(22)26;1-3-4-14(23)10-20-16(25)7-5-15(24)11-21(12-18(27)28-2)17(26)8-6-13(22)9-19;1-2-3-6(10)5-9-7(11)4-8/h6-15H2,1-5H3,(H,24,30)(H,25,33);5-11H2,1-4H3,(H,20,29);3-12,19H2,1-2H3,(H,20,25);2-5,8H2,1H3,(H,9,11). The lowest BCUT2D eigenvalue weighted by Crippen LogP contribution is -2.43. The van der Waals surface area contributed by atoms with Crippen LogP contribution in [0.3, 0.4) is 0 Å². The zero-order chi connectivity index (χ0) is 81.7. The van der Waals surface area contributed by atoms with Gasteiger partial charge in [-0.2, -0.15) is 0 Å². The Hall–Kier alpha value is -10.3. The molecule has 0 atom stereocenters. The molecule has 1 heterocycles. The summed E-state index contributed by atoms with van der Waals surface area (Å²) in [6.07, 6.45) is -0.456. The molecule has 1 saturated heterocycles. The number of nitrogens with zero attached hydrogens (tertiary/aromatic N) is 4. The van der Waals surface area contributed by atoms with E-state index in [4.69, 9.17) is 20.9 Å². The minimum atomic E-state index is -1.12. The van der Waals surface area contributed by atoms with Crippen LogP contribution in [0.5, 0.6) is 0 Å². The number of nitrogens with two attached hydrogens (primary N) is 2. The number of carbonyl (C=O) groups is 22. The molecule has 0 spiro atoms. The van der Waals surface area contributed by atoms with Crippen molar-refractivity contribution in [2.24, 2.45) is 11.5 Å². The predicted octanol–water partition coefficient (Wildman–Crippen LogP) is -1.27. The second kappa shape index (κ2) is 56.1. The Labute approximate surface area is 614 Å². The molecule has 0 unspecified atom stereocenters. The van der Waals surface area contributed by atoms with Gasteiger partial charge in [-0.3, -0.25) is 91.1 Å². The molecule has 0 bridgehead atoms. The van der Waals surface area contributed by atoms with E-state index in [-0.39, 0.29) is 158 Å². The summed E-state index contributed by atoms with van der Waals surface area (Å²) >= 11 is 0. The number of carbonyl (C=O) groups excluding carboxylic acids is 22. The van der Waals surface area contributed by atoms with Crippen molar-refractivity contribution in [2.75, 3.05) is 106 Å². The first kappa shape index (κ1) is 99.8. The Morgan fingerprint density at radius 2 is 0.623 bits per heavy atom. The van der Waals surface area contributed by atoms with Crippen LogP contribution in [-0.4, -0.2) is 267 Å². The summed E-state index contributed by atoms with van der Waals surface area (Å²) in [5.74, 6) is -10.3. The second-order valence-corrected chi connectivity index (χ2v) is 25.0. The molecular formula is C67H107N11O28. The van der Waals surface area contributed by atoms with Gasteiger partial charge in [0.25, 0.3) is 11.8 Å². The fraction of sp³-hybridized carbons (Fsp3) is 0.672. The molecule has 1 rings (SSSR count). The summed E-state index contributed by atoms with van der Waals surface area (Å²) in [4.78, 5) is 265. The number of hydrogen-bond donors (Lipinski definition) is 7. The molecular weight excluding hydrogens is 1410 g/mol. The minimum Gasteiger partial charge on any atom is -0.468 e. The normalized spacial score (nSPS) is 11.2. The number of methoxy groups -OCH3 is 3. The largest absolute Gasteiger partial charge is 0.468 e. The number of imide groups is 1. The summed E-state index contributed by atoms with van der Waals surface area (Å²) in [7, 11) is 3.36. The third-order valence-electron chi connectivity index (χ3n) is 13.2. The topological polar surface area (TPSA) is 556 Å². The van der Waals surface area contributed by atoms with Crippen molar-refractivity contribution < 1.29 is 134 Å². The lowest BCUT2D eigenvalue weighted by Gasteiger charge is -2.21. The summed E-state index contributed by atoms with van der Waals surface area (Å²) in [5.41, 5.74) is 8.73. The van der Waals surface area contributed by atoms with Gasteiger partial charge >= 0.3 is 36.1 Å². The molecule has 39 heteroatoms. The fourth-order valence-corrected chi connectivity index (χ4v) is 7.80. The number of rotatable bonds is 46. The van der Waals surface area contributed by atoms with Gasteiger partial charge in [0.05, 0.1) is 80.2 Å². The molecule has 39 nitrogen and oxygen atoms in total. The van der Waals surface area contributed by atoms with Crippen LogP contribution in [-0.2, 0) is 124 Å². The molecule has 9 N–H and O–H groups in total. The smallest absolute Gasteiger partial charge is 0.408 e. The van der Waals surface area contributed by atoms with Gasteiger partial charge in [0.15, 0.2) is 40.5 Å².